The fourth-order valence-electron chi connectivity index (χ4n) is 0.995. The zero-order chi connectivity index (χ0) is 8.81. The minimum absolute atomic E-state index is 0.112. The summed E-state index contributed by atoms with van der Waals surface area (Å²) in [6, 6.07) is 9.94. The number of hydrogen-bond acceptors (Lipinski definition) is 1. The van der Waals surface area contributed by atoms with Gasteiger partial charge < -0.3 is 0 Å². The number of halogens is 1. The van der Waals surface area contributed by atoms with Crippen LogP contribution in [0.3, 0.4) is 0 Å². The highest BCUT2D eigenvalue weighted by Crippen LogP contribution is 2.02. The number of aryl methyl sites for hydroxylation is 1. The van der Waals surface area contributed by atoms with Crippen LogP contribution in [0.1, 0.15) is 12.0 Å². The smallest absolute Gasteiger partial charge is 0.147 e. The van der Waals surface area contributed by atoms with Crippen LogP contribution in [0.15, 0.2) is 30.3 Å². The van der Waals surface area contributed by atoms with Gasteiger partial charge in [-0.3, -0.25) is 4.79 Å². The van der Waals surface area contributed by atoms with Crippen molar-refractivity contribution in [1.82, 2.24) is 0 Å². The van der Waals surface area contributed by atoms with E-state index in [2.05, 4.69) is 0 Å². The third-order valence-electron chi connectivity index (χ3n) is 1.68. The Morgan fingerprint density at radius 1 is 1.25 bits per heavy atom. The van der Waals surface area contributed by atoms with Gasteiger partial charge in [0.2, 0.25) is 0 Å². The molecule has 12 heavy (non-hydrogen) atoms. The van der Waals surface area contributed by atoms with Crippen LogP contribution >= 0.6 is 11.6 Å². The van der Waals surface area contributed by atoms with E-state index in [0.717, 1.165) is 6.42 Å². The minimum atomic E-state index is 0.112. The maximum Gasteiger partial charge on any atom is 0.147 e. The Bertz CT molecular complexity index is 243. The van der Waals surface area contributed by atoms with Gasteiger partial charge in [-0.25, -0.2) is 0 Å². The summed E-state index contributed by atoms with van der Waals surface area (Å²) in [5.74, 6) is 0.243. The van der Waals surface area contributed by atoms with Gasteiger partial charge in [0.15, 0.2) is 0 Å². The zero-order valence-electron chi connectivity index (χ0n) is 6.79. The summed E-state index contributed by atoms with van der Waals surface area (Å²) in [7, 11) is 0. The molecule has 0 bridgehead atoms. The summed E-state index contributed by atoms with van der Waals surface area (Å²) in [6.07, 6.45) is 1.35. The number of carbonyl (C=O) groups is 1. The molecule has 1 rings (SSSR count). The van der Waals surface area contributed by atoms with Gasteiger partial charge in [-0.15, -0.1) is 11.6 Å². The van der Waals surface area contributed by atoms with Gasteiger partial charge in [0.05, 0.1) is 5.88 Å². The van der Waals surface area contributed by atoms with Crippen LogP contribution in [-0.4, -0.2) is 11.7 Å². The summed E-state index contributed by atoms with van der Waals surface area (Å²) >= 11 is 5.37. The molecule has 0 radical (unpaired) electrons. The van der Waals surface area contributed by atoms with Crippen molar-refractivity contribution >= 4 is 17.4 Å². The van der Waals surface area contributed by atoms with Gasteiger partial charge >= 0.3 is 0 Å². The van der Waals surface area contributed by atoms with Gasteiger partial charge in [-0.2, -0.15) is 0 Å². The molecule has 0 heterocycles. The van der Waals surface area contributed by atoms with Crippen LogP contribution in [0.4, 0.5) is 0 Å². The lowest BCUT2D eigenvalue weighted by atomic mass is 10.1. The first-order valence-electron chi connectivity index (χ1n) is 3.94. The fourth-order valence-corrected chi connectivity index (χ4v) is 1.13. The minimum Gasteiger partial charge on any atom is -0.298 e. The summed E-state index contributed by atoms with van der Waals surface area (Å²) in [5, 5.41) is 0. The molecule has 2 heteroatoms. The van der Waals surface area contributed by atoms with E-state index >= 15 is 0 Å². The predicted octanol–water partition coefficient (Wildman–Crippen LogP) is 2.43. The summed E-state index contributed by atoms with van der Waals surface area (Å²) in [5.41, 5.74) is 1.19. The molecule has 0 atom stereocenters. The van der Waals surface area contributed by atoms with E-state index < -0.39 is 0 Å². The molecule has 0 N–H and O–H groups in total. The van der Waals surface area contributed by atoms with Crippen LogP contribution in [0.25, 0.3) is 0 Å². The number of hydrogen-bond donors (Lipinski definition) is 0. The second-order valence-electron chi connectivity index (χ2n) is 2.66. The summed E-state index contributed by atoms with van der Waals surface area (Å²) in [4.78, 5) is 10.9. The summed E-state index contributed by atoms with van der Waals surface area (Å²) < 4.78 is 0. The van der Waals surface area contributed by atoms with E-state index in [0.29, 0.717) is 6.42 Å². The second-order valence-corrected chi connectivity index (χ2v) is 2.93. The number of rotatable bonds is 4. The Labute approximate surface area is 77.4 Å². The van der Waals surface area contributed by atoms with E-state index in [9.17, 15) is 4.79 Å². The average molecular weight is 183 g/mol. The lowest BCUT2D eigenvalue weighted by Crippen LogP contribution is -2.00. The molecule has 1 nitrogen and oxygen atoms in total. The van der Waals surface area contributed by atoms with Crippen molar-refractivity contribution in [2.45, 2.75) is 12.8 Å². The van der Waals surface area contributed by atoms with Crippen LogP contribution in [0.2, 0.25) is 0 Å². The van der Waals surface area contributed by atoms with Gasteiger partial charge in [-0.05, 0) is 12.0 Å². The maximum absolute atomic E-state index is 10.9. The quantitative estimate of drug-likeness (QED) is 0.654. The van der Waals surface area contributed by atoms with Gasteiger partial charge in [0, 0.05) is 6.42 Å². The van der Waals surface area contributed by atoms with Crippen LogP contribution < -0.4 is 0 Å². The van der Waals surface area contributed by atoms with E-state index in [1.54, 1.807) is 0 Å². The number of benzene rings is 1. The molecule has 1 aromatic rings. The van der Waals surface area contributed by atoms with Crippen molar-refractivity contribution in [1.29, 1.82) is 0 Å². The molecule has 0 unspecified atom stereocenters. The molecule has 0 saturated heterocycles. The first-order valence-corrected chi connectivity index (χ1v) is 4.48. The molecule has 0 aliphatic carbocycles. The number of carbonyl (C=O) groups excluding carboxylic acids is 1. The number of Topliss-reactive ketones (excluding diaryl/α,β-unsaturated/α-hetero) is 1. The highest BCUT2D eigenvalue weighted by molar-refractivity contribution is 6.27. The average Bonchev–Trinajstić information content (AvgIpc) is 2.16. The number of ketones is 1. The molecule has 0 saturated carbocycles. The molecule has 0 amide bonds. The molecule has 1 aromatic carbocycles. The molecule has 0 spiro atoms. The van der Waals surface area contributed by atoms with Crippen molar-refractivity contribution in [3.05, 3.63) is 35.9 Å². The largest absolute Gasteiger partial charge is 0.298 e. The molecular formula is C10H11ClO. The predicted molar refractivity (Wildman–Crippen MR) is 50.5 cm³/mol. The Hall–Kier alpha value is -0.820. The topological polar surface area (TPSA) is 17.1 Å². The SMILES string of the molecule is O=C(CCl)CCc1ccccc1. The van der Waals surface area contributed by atoms with E-state index in [1.807, 2.05) is 30.3 Å². The van der Waals surface area contributed by atoms with Crippen LogP contribution in [-0.2, 0) is 11.2 Å². The zero-order valence-corrected chi connectivity index (χ0v) is 7.55. The molecule has 0 aliphatic heterocycles. The first kappa shape index (κ1) is 9.27. The monoisotopic (exact) mass is 182 g/mol. The lowest BCUT2D eigenvalue weighted by molar-refractivity contribution is -0.116. The Kier molecular flexibility index (Phi) is 3.81. The van der Waals surface area contributed by atoms with Crippen molar-refractivity contribution in [3.63, 3.8) is 0 Å². The Morgan fingerprint density at radius 3 is 2.50 bits per heavy atom. The van der Waals surface area contributed by atoms with Crippen molar-refractivity contribution < 1.29 is 4.79 Å². The normalized spacial score (nSPS) is 9.75. The van der Waals surface area contributed by atoms with Gasteiger partial charge in [0.25, 0.3) is 0 Å². The lowest BCUT2D eigenvalue weighted by Gasteiger charge is -1.97. The Balaban J connectivity index is 2.38. The molecular weight excluding hydrogens is 172 g/mol. The molecule has 0 aliphatic rings. The first-order chi connectivity index (χ1) is 5.83. The second kappa shape index (κ2) is 4.94. The van der Waals surface area contributed by atoms with E-state index in [4.69, 9.17) is 11.6 Å². The van der Waals surface area contributed by atoms with Crippen molar-refractivity contribution in [2.24, 2.45) is 0 Å². The van der Waals surface area contributed by atoms with Crippen molar-refractivity contribution in [2.75, 3.05) is 5.88 Å². The standard InChI is InChI=1S/C10H11ClO/c11-8-10(12)7-6-9-4-2-1-3-5-9/h1-5H,6-8H2. The van der Waals surface area contributed by atoms with Gasteiger partial charge in [-0.1, -0.05) is 30.3 Å². The van der Waals surface area contributed by atoms with Crippen LogP contribution in [0, 0.1) is 0 Å². The van der Waals surface area contributed by atoms with Gasteiger partial charge in [0.1, 0.15) is 5.78 Å². The van der Waals surface area contributed by atoms with E-state index in [1.165, 1.54) is 5.56 Å². The summed E-state index contributed by atoms with van der Waals surface area (Å²) in [6.45, 7) is 0. The van der Waals surface area contributed by atoms with E-state index in [-0.39, 0.29) is 11.7 Å². The molecule has 0 aromatic heterocycles. The maximum atomic E-state index is 10.9. The third kappa shape index (κ3) is 3.05. The van der Waals surface area contributed by atoms with Crippen molar-refractivity contribution in [3.8, 4) is 0 Å². The van der Waals surface area contributed by atoms with Crippen LogP contribution in [0.5, 0.6) is 0 Å². The Morgan fingerprint density at radius 2 is 1.92 bits per heavy atom. The number of alkyl halides is 1. The third-order valence-corrected chi connectivity index (χ3v) is 1.98. The molecule has 64 valence electrons. The fraction of sp³-hybridized carbons (Fsp3) is 0.300. The highest BCUT2D eigenvalue weighted by Gasteiger charge is 1.99. The highest BCUT2D eigenvalue weighted by atomic mass is 35.5. The molecule has 0 fully saturated rings.